The van der Waals surface area contributed by atoms with E-state index in [0.717, 1.165) is 54.8 Å². The van der Waals surface area contributed by atoms with Crippen LogP contribution in [0.4, 0.5) is 0 Å². The molecule has 4 rings (SSSR count). The number of nitroso groups, excluding NO2 is 1. The molecule has 0 bridgehead atoms. The molecule has 4 saturated carbocycles. The number of rotatable bonds is 6. The molecule has 4 aliphatic rings. The van der Waals surface area contributed by atoms with Gasteiger partial charge in [-0.25, -0.2) is 0 Å². The minimum Gasteiger partial charge on any atom is -0.149 e. The van der Waals surface area contributed by atoms with E-state index in [-0.39, 0.29) is 0 Å². The highest BCUT2D eigenvalue weighted by molar-refractivity contribution is 6.23. The van der Waals surface area contributed by atoms with Gasteiger partial charge in [0.2, 0.25) is 0 Å². The van der Waals surface area contributed by atoms with Gasteiger partial charge in [-0.15, -0.1) is 4.91 Å². The van der Waals surface area contributed by atoms with E-state index < -0.39 is 5.00 Å². The SMILES string of the molecule is CC(C)CCC[C@H](C)[C@@H]1CC[C@@H]2[C@H]3CC[C@H]4C[C@](Cl)(N=O)CC[C@]4(C)[C@@H]3CC[C@]21C. The molecule has 3 heteroatoms. The van der Waals surface area contributed by atoms with Gasteiger partial charge in [-0.2, -0.15) is 0 Å². The highest BCUT2D eigenvalue weighted by Crippen LogP contribution is 2.69. The Bertz CT molecular complexity index is 636. The fourth-order valence-corrected chi connectivity index (χ4v) is 9.59. The van der Waals surface area contributed by atoms with E-state index in [1.54, 1.807) is 0 Å². The Morgan fingerprint density at radius 3 is 2.33 bits per heavy atom. The lowest BCUT2D eigenvalue weighted by molar-refractivity contribution is -0.118. The maximum absolute atomic E-state index is 11.4. The summed E-state index contributed by atoms with van der Waals surface area (Å²) in [6, 6.07) is 0. The second-order valence-electron chi connectivity index (χ2n) is 12.9. The van der Waals surface area contributed by atoms with Gasteiger partial charge in [-0.1, -0.05) is 65.5 Å². The van der Waals surface area contributed by atoms with Gasteiger partial charge in [-0.3, -0.25) is 0 Å². The van der Waals surface area contributed by atoms with E-state index in [4.69, 9.17) is 11.6 Å². The maximum Gasteiger partial charge on any atom is 0.175 e. The largest absolute Gasteiger partial charge is 0.175 e. The smallest absolute Gasteiger partial charge is 0.149 e. The van der Waals surface area contributed by atoms with Crippen molar-refractivity contribution in [2.45, 2.75) is 117 Å². The molecule has 0 amide bonds. The van der Waals surface area contributed by atoms with Crippen LogP contribution in [0.25, 0.3) is 0 Å². The van der Waals surface area contributed by atoms with Crippen molar-refractivity contribution in [3.8, 4) is 0 Å². The summed E-state index contributed by atoms with van der Waals surface area (Å²) in [4.78, 5) is 10.5. The predicted molar refractivity (Wildman–Crippen MR) is 127 cm³/mol. The van der Waals surface area contributed by atoms with E-state index in [9.17, 15) is 4.91 Å². The van der Waals surface area contributed by atoms with E-state index >= 15 is 0 Å². The lowest BCUT2D eigenvalue weighted by Gasteiger charge is -2.61. The highest BCUT2D eigenvalue weighted by atomic mass is 35.5. The van der Waals surface area contributed by atoms with E-state index in [1.165, 1.54) is 57.8 Å². The van der Waals surface area contributed by atoms with E-state index in [0.29, 0.717) is 16.7 Å². The molecule has 0 spiro atoms. The van der Waals surface area contributed by atoms with Crippen LogP contribution in [0.2, 0.25) is 0 Å². The van der Waals surface area contributed by atoms with Gasteiger partial charge in [0.1, 0.15) is 0 Å². The summed E-state index contributed by atoms with van der Waals surface area (Å²) >= 11 is 6.56. The lowest BCUT2D eigenvalue weighted by atomic mass is 9.44. The van der Waals surface area contributed by atoms with Crippen LogP contribution in [-0.2, 0) is 0 Å². The van der Waals surface area contributed by atoms with Crippen molar-refractivity contribution in [3.05, 3.63) is 4.91 Å². The number of nitrogens with zero attached hydrogens (tertiary/aromatic N) is 1. The lowest BCUT2D eigenvalue weighted by Crippen LogP contribution is -2.55. The van der Waals surface area contributed by atoms with Crippen LogP contribution in [0.3, 0.4) is 0 Å². The van der Waals surface area contributed by atoms with Crippen LogP contribution in [-0.4, -0.2) is 5.00 Å². The number of halogens is 1. The fraction of sp³-hybridized carbons (Fsp3) is 1.00. The molecule has 0 aromatic carbocycles. The number of fused-ring (bicyclic) bond motifs is 5. The second-order valence-corrected chi connectivity index (χ2v) is 13.6. The van der Waals surface area contributed by atoms with Crippen molar-refractivity contribution in [3.63, 3.8) is 0 Å². The Balaban J connectivity index is 1.47. The highest BCUT2D eigenvalue weighted by Gasteiger charge is 2.61. The first-order chi connectivity index (χ1) is 14.1. The molecule has 0 aromatic heterocycles. The van der Waals surface area contributed by atoms with Gasteiger partial charge in [-0.05, 0) is 115 Å². The van der Waals surface area contributed by atoms with Gasteiger partial charge in [0.25, 0.3) is 0 Å². The van der Waals surface area contributed by atoms with Gasteiger partial charge in [0.15, 0.2) is 5.00 Å². The predicted octanol–water partition coefficient (Wildman–Crippen LogP) is 8.81. The van der Waals surface area contributed by atoms with Crippen LogP contribution in [0, 0.1) is 57.2 Å². The normalized spacial score (nSPS) is 49.2. The molecule has 4 fully saturated rings. The van der Waals surface area contributed by atoms with E-state index in [2.05, 4.69) is 39.8 Å². The van der Waals surface area contributed by atoms with E-state index in [1.807, 2.05) is 0 Å². The number of alkyl halides is 1. The minimum absolute atomic E-state index is 0.383. The summed E-state index contributed by atoms with van der Waals surface area (Å²) in [7, 11) is 0. The molecule has 172 valence electrons. The quantitative estimate of drug-likeness (QED) is 0.232. The Morgan fingerprint density at radius 2 is 1.63 bits per heavy atom. The monoisotopic (exact) mass is 435 g/mol. The molecule has 9 atom stereocenters. The average Bonchev–Trinajstić information content (AvgIpc) is 3.05. The topological polar surface area (TPSA) is 29.4 Å². The fourth-order valence-electron chi connectivity index (χ4n) is 9.31. The Hall–Kier alpha value is -0.110. The van der Waals surface area contributed by atoms with Gasteiger partial charge in [0.05, 0.1) is 0 Å². The average molecular weight is 436 g/mol. The van der Waals surface area contributed by atoms with Gasteiger partial charge >= 0.3 is 0 Å². The van der Waals surface area contributed by atoms with Crippen molar-refractivity contribution in [2.24, 2.45) is 57.4 Å². The first-order valence-electron chi connectivity index (χ1n) is 13.2. The maximum atomic E-state index is 11.4. The zero-order chi connectivity index (χ0) is 21.7. The first-order valence-corrected chi connectivity index (χ1v) is 13.5. The second kappa shape index (κ2) is 8.35. The molecule has 0 radical (unpaired) electrons. The van der Waals surface area contributed by atoms with Crippen molar-refractivity contribution >= 4 is 11.6 Å². The molecular weight excluding hydrogens is 390 g/mol. The number of hydrogen-bond acceptors (Lipinski definition) is 2. The molecular formula is C27H46ClNO. The molecule has 30 heavy (non-hydrogen) atoms. The van der Waals surface area contributed by atoms with Gasteiger partial charge < -0.3 is 0 Å². The van der Waals surface area contributed by atoms with Crippen LogP contribution >= 0.6 is 11.6 Å². The summed E-state index contributed by atoms with van der Waals surface area (Å²) in [5, 5.41) is 3.35. The molecule has 0 aromatic rings. The zero-order valence-corrected chi connectivity index (χ0v) is 21.0. The van der Waals surface area contributed by atoms with Crippen LogP contribution < -0.4 is 0 Å². The van der Waals surface area contributed by atoms with Crippen LogP contribution in [0.5, 0.6) is 0 Å². The molecule has 0 unspecified atom stereocenters. The van der Waals surface area contributed by atoms with Crippen LogP contribution in [0.15, 0.2) is 5.18 Å². The van der Waals surface area contributed by atoms with Crippen molar-refractivity contribution in [1.82, 2.24) is 0 Å². The molecule has 0 heterocycles. The standard InChI is InChI=1S/C27H46ClNO/c1-18(2)7-6-8-19(3)22-11-12-23-21-10-9-20-17-27(28,29-30)16-15-25(20,4)24(21)13-14-26(22,23)5/h18-24H,6-17H2,1-5H3/t19-,20-,21+,22-,23+,24+,25-,26-,27+/m0/s1. The van der Waals surface area contributed by atoms with Crippen molar-refractivity contribution < 1.29 is 0 Å². The molecule has 4 aliphatic carbocycles. The summed E-state index contributed by atoms with van der Waals surface area (Å²) in [5.41, 5.74) is 0.950. The summed E-state index contributed by atoms with van der Waals surface area (Å²) in [6.45, 7) is 12.5. The third kappa shape index (κ3) is 3.80. The summed E-state index contributed by atoms with van der Waals surface area (Å²) in [5.74, 6) is 5.93. The Morgan fingerprint density at radius 1 is 0.900 bits per heavy atom. The van der Waals surface area contributed by atoms with Gasteiger partial charge in [0, 0.05) is 0 Å². The zero-order valence-electron chi connectivity index (χ0n) is 20.3. The molecule has 0 aliphatic heterocycles. The third-order valence-electron chi connectivity index (χ3n) is 11.0. The molecule has 0 saturated heterocycles. The molecule has 2 nitrogen and oxygen atoms in total. The summed E-state index contributed by atoms with van der Waals surface area (Å²) < 4.78 is 0. The third-order valence-corrected chi connectivity index (χ3v) is 11.4. The van der Waals surface area contributed by atoms with Crippen LogP contribution in [0.1, 0.15) is 112 Å². The molecule has 0 N–H and O–H groups in total. The summed E-state index contributed by atoms with van der Waals surface area (Å²) in [6.07, 6.45) is 15.3. The van der Waals surface area contributed by atoms with Crippen molar-refractivity contribution in [1.29, 1.82) is 0 Å². The van der Waals surface area contributed by atoms with Crippen molar-refractivity contribution in [2.75, 3.05) is 0 Å². The Labute approximate surface area is 190 Å². The Kier molecular flexibility index (Phi) is 6.42. The minimum atomic E-state index is -0.815. The first kappa shape index (κ1) is 23.1. The number of hydrogen-bond donors (Lipinski definition) is 0.